The number of thiophene rings is 1. The molecule has 3 rings (SSSR count). The Bertz CT molecular complexity index is 739. The van der Waals surface area contributed by atoms with Gasteiger partial charge in [-0.1, -0.05) is 19.1 Å². The summed E-state index contributed by atoms with van der Waals surface area (Å²) >= 11 is 1.43. The lowest BCUT2D eigenvalue weighted by Gasteiger charge is -2.16. The third-order valence-electron chi connectivity index (χ3n) is 3.53. The molecule has 1 aromatic carbocycles. The molecule has 1 aliphatic heterocycles. The summed E-state index contributed by atoms with van der Waals surface area (Å²) in [5.41, 5.74) is 2.02. The lowest BCUT2D eigenvalue weighted by molar-refractivity contribution is -0.120. The summed E-state index contributed by atoms with van der Waals surface area (Å²) in [6.45, 7) is 3.06. The van der Waals surface area contributed by atoms with Crippen molar-refractivity contribution >= 4 is 23.2 Å². The van der Waals surface area contributed by atoms with Crippen molar-refractivity contribution in [2.75, 3.05) is 13.1 Å². The van der Waals surface area contributed by atoms with Gasteiger partial charge in [0.05, 0.1) is 11.4 Å². The van der Waals surface area contributed by atoms with Crippen molar-refractivity contribution in [2.45, 2.75) is 20.0 Å². The summed E-state index contributed by atoms with van der Waals surface area (Å²) in [5.74, 6) is 0.441. The predicted octanol–water partition coefficient (Wildman–Crippen LogP) is 2.56. The first-order valence-corrected chi connectivity index (χ1v) is 8.40. The van der Waals surface area contributed by atoms with E-state index in [0.29, 0.717) is 18.0 Å². The van der Waals surface area contributed by atoms with Crippen LogP contribution in [-0.2, 0) is 11.4 Å². The molecule has 6 heteroatoms. The van der Waals surface area contributed by atoms with Gasteiger partial charge in [0, 0.05) is 22.5 Å². The van der Waals surface area contributed by atoms with Crippen LogP contribution in [0.3, 0.4) is 0 Å². The van der Waals surface area contributed by atoms with Crippen LogP contribution in [0.25, 0.3) is 10.4 Å². The Labute approximate surface area is 138 Å². The molecule has 5 nitrogen and oxygen atoms in total. The van der Waals surface area contributed by atoms with E-state index in [2.05, 4.69) is 10.6 Å². The van der Waals surface area contributed by atoms with Gasteiger partial charge < -0.3 is 15.4 Å². The Balaban J connectivity index is 1.70. The normalized spacial score (nSPS) is 11.9. The third kappa shape index (κ3) is 3.37. The molecule has 0 aliphatic carbocycles. The van der Waals surface area contributed by atoms with Gasteiger partial charge in [0.2, 0.25) is 5.91 Å². The standard InChI is InChI=1S/C17H18N2O3S/c1-2-7-18-15(20)9-19-17(21)14-8-11-10-22-13-6-4-3-5-12(13)16(11)23-14/h3-6,8H,2,7,9-10H2,1H3,(H,18,20)(H,19,21). The molecule has 2 amide bonds. The van der Waals surface area contributed by atoms with E-state index in [9.17, 15) is 9.59 Å². The maximum Gasteiger partial charge on any atom is 0.261 e. The average Bonchev–Trinajstić information content (AvgIpc) is 3.02. The molecule has 0 fully saturated rings. The molecule has 1 aliphatic rings. The fourth-order valence-corrected chi connectivity index (χ4v) is 3.50. The van der Waals surface area contributed by atoms with Crippen LogP contribution in [0.5, 0.6) is 5.75 Å². The van der Waals surface area contributed by atoms with E-state index in [1.54, 1.807) is 0 Å². The number of fused-ring (bicyclic) bond motifs is 3. The van der Waals surface area contributed by atoms with Crippen molar-refractivity contribution < 1.29 is 14.3 Å². The van der Waals surface area contributed by atoms with Crippen LogP contribution in [0.15, 0.2) is 30.3 Å². The first-order valence-electron chi connectivity index (χ1n) is 7.59. The van der Waals surface area contributed by atoms with E-state index in [0.717, 1.165) is 28.2 Å². The van der Waals surface area contributed by atoms with Gasteiger partial charge in [-0.25, -0.2) is 0 Å². The van der Waals surface area contributed by atoms with Gasteiger partial charge in [-0.05, 0) is 24.6 Å². The Kier molecular flexibility index (Phi) is 4.62. The molecule has 0 bridgehead atoms. The highest BCUT2D eigenvalue weighted by Crippen LogP contribution is 2.42. The minimum Gasteiger partial charge on any atom is -0.488 e. The molecule has 0 radical (unpaired) electrons. The van der Waals surface area contributed by atoms with Crippen molar-refractivity contribution in [3.63, 3.8) is 0 Å². The van der Waals surface area contributed by atoms with Crippen molar-refractivity contribution in [3.05, 3.63) is 40.8 Å². The van der Waals surface area contributed by atoms with E-state index in [4.69, 9.17) is 4.74 Å². The number of benzene rings is 1. The highest BCUT2D eigenvalue weighted by Gasteiger charge is 2.22. The minimum absolute atomic E-state index is 0.00547. The van der Waals surface area contributed by atoms with Crippen molar-refractivity contribution in [1.29, 1.82) is 0 Å². The summed E-state index contributed by atoms with van der Waals surface area (Å²) in [6.07, 6.45) is 0.872. The third-order valence-corrected chi connectivity index (χ3v) is 4.74. The summed E-state index contributed by atoms with van der Waals surface area (Å²) in [7, 11) is 0. The molecule has 0 saturated carbocycles. The zero-order valence-corrected chi connectivity index (χ0v) is 13.7. The number of amides is 2. The lowest BCUT2D eigenvalue weighted by Crippen LogP contribution is -2.36. The minimum atomic E-state index is -0.228. The van der Waals surface area contributed by atoms with Gasteiger partial charge in [0.25, 0.3) is 5.91 Å². The lowest BCUT2D eigenvalue weighted by atomic mass is 10.1. The molecular weight excluding hydrogens is 312 g/mol. The van der Waals surface area contributed by atoms with Gasteiger partial charge in [-0.15, -0.1) is 11.3 Å². The molecule has 1 aromatic heterocycles. The number of hydrogen-bond acceptors (Lipinski definition) is 4. The number of rotatable bonds is 5. The second-order valence-electron chi connectivity index (χ2n) is 5.28. The van der Waals surface area contributed by atoms with Crippen LogP contribution >= 0.6 is 11.3 Å². The Morgan fingerprint density at radius 3 is 2.91 bits per heavy atom. The summed E-state index contributed by atoms with van der Waals surface area (Å²) in [4.78, 5) is 25.4. The topological polar surface area (TPSA) is 67.4 Å². The molecular formula is C17H18N2O3S. The highest BCUT2D eigenvalue weighted by atomic mass is 32.1. The number of para-hydroxylation sites is 1. The Morgan fingerprint density at radius 2 is 2.09 bits per heavy atom. The van der Waals surface area contributed by atoms with E-state index in [-0.39, 0.29) is 18.4 Å². The van der Waals surface area contributed by atoms with E-state index >= 15 is 0 Å². The van der Waals surface area contributed by atoms with Crippen LogP contribution in [-0.4, -0.2) is 24.9 Å². The van der Waals surface area contributed by atoms with Crippen LogP contribution in [0, 0.1) is 0 Å². The van der Waals surface area contributed by atoms with Gasteiger partial charge >= 0.3 is 0 Å². The van der Waals surface area contributed by atoms with Crippen LogP contribution in [0.4, 0.5) is 0 Å². The number of hydrogen-bond donors (Lipinski definition) is 2. The van der Waals surface area contributed by atoms with Crippen LogP contribution in [0.1, 0.15) is 28.6 Å². The number of nitrogens with one attached hydrogen (secondary N) is 2. The second kappa shape index (κ2) is 6.83. The van der Waals surface area contributed by atoms with E-state index in [1.165, 1.54) is 11.3 Å². The van der Waals surface area contributed by atoms with Crippen molar-refractivity contribution in [2.24, 2.45) is 0 Å². The van der Waals surface area contributed by atoms with Gasteiger partial charge in [0.15, 0.2) is 0 Å². The zero-order chi connectivity index (χ0) is 16.2. The van der Waals surface area contributed by atoms with E-state index in [1.807, 2.05) is 37.3 Å². The molecule has 0 saturated heterocycles. The first-order chi connectivity index (χ1) is 11.2. The van der Waals surface area contributed by atoms with Gasteiger partial charge in [-0.3, -0.25) is 9.59 Å². The Morgan fingerprint density at radius 1 is 1.26 bits per heavy atom. The van der Waals surface area contributed by atoms with E-state index < -0.39 is 0 Å². The largest absolute Gasteiger partial charge is 0.488 e. The maximum atomic E-state index is 12.2. The number of carbonyl (C=O) groups is 2. The molecule has 0 spiro atoms. The van der Waals surface area contributed by atoms with Crippen molar-refractivity contribution in [1.82, 2.24) is 10.6 Å². The molecule has 23 heavy (non-hydrogen) atoms. The quantitative estimate of drug-likeness (QED) is 0.885. The molecule has 0 unspecified atom stereocenters. The monoisotopic (exact) mass is 330 g/mol. The SMILES string of the molecule is CCCNC(=O)CNC(=O)c1cc2c(s1)-c1ccccc1OC2. The second-order valence-corrected chi connectivity index (χ2v) is 6.33. The first kappa shape index (κ1) is 15.6. The van der Waals surface area contributed by atoms with Crippen LogP contribution in [0.2, 0.25) is 0 Å². The molecule has 2 heterocycles. The fourth-order valence-electron chi connectivity index (χ4n) is 2.39. The number of carbonyl (C=O) groups excluding carboxylic acids is 2. The van der Waals surface area contributed by atoms with Crippen LogP contribution < -0.4 is 15.4 Å². The van der Waals surface area contributed by atoms with Gasteiger partial charge in [0.1, 0.15) is 12.4 Å². The zero-order valence-electron chi connectivity index (χ0n) is 12.8. The maximum absolute atomic E-state index is 12.2. The molecule has 2 N–H and O–H groups in total. The molecule has 2 aromatic rings. The molecule has 120 valence electrons. The summed E-state index contributed by atoms with van der Waals surface area (Å²) < 4.78 is 5.70. The smallest absolute Gasteiger partial charge is 0.261 e. The van der Waals surface area contributed by atoms with Gasteiger partial charge in [-0.2, -0.15) is 0 Å². The Hall–Kier alpha value is -2.34. The fraction of sp³-hybridized carbons (Fsp3) is 0.294. The van der Waals surface area contributed by atoms with Crippen molar-refractivity contribution in [3.8, 4) is 16.2 Å². The summed E-state index contributed by atoms with van der Waals surface area (Å²) in [5, 5.41) is 5.39. The number of ether oxygens (including phenoxy) is 1. The highest BCUT2D eigenvalue weighted by molar-refractivity contribution is 7.17. The average molecular weight is 330 g/mol. The molecule has 0 atom stereocenters. The summed E-state index contributed by atoms with van der Waals surface area (Å²) in [6, 6.07) is 9.64. The predicted molar refractivity (Wildman–Crippen MR) is 89.7 cm³/mol.